The van der Waals surface area contributed by atoms with Gasteiger partial charge in [-0.3, -0.25) is 9.59 Å². The van der Waals surface area contributed by atoms with E-state index in [9.17, 15) is 14.0 Å². The largest absolute Gasteiger partial charge is 0.484 e. The van der Waals surface area contributed by atoms with Crippen LogP contribution in [0.3, 0.4) is 0 Å². The first kappa shape index (κ1) is 20.5. The molecule has 2 aromatic carbocycles. The van der Waals surface area contributed by atoms with Crippen LogP contribution in [0.2, 0.25) is 0 Å². The topological polar surface area (TPSA) is 94.3 Å². The van der Waals surface area contributed by atoms with Crippen molar-refractivity contribution in [1.29, 1.82) is 0 Å². The average molecular weight is 415 g/mol. The summed E-state index contributed by atoms with van der Waals surface area (Å²) in [6, 6.07) is 12.3. The van der Waals surface area contributed by atoms with E-state index in [1.165, 1.54) is 31.2 Å². The van der Waals surface area contributed by atoms with Crippen molar-refractivity contribution in [3.05, 3.63) is 65.8 Å². The predicted octanol–water partition coefficient (Wildman–Crippen LogP) is 4.11. The number of hydrogen-bond acceptors (Lipinski definition) is 7. The molecule has 0 aliphatic carbocycles. The summed E-state index contributed by atoms with van der Waals surface area (Å²) >= 11 is 1.10. The van der Waals surface area contributed by atoms with Crippen molar-refractivity contribution in [3.8, 4) is 5.75 Å². The van der Waals surface area contributed by atoms with Gasteiger partial charge in [0.2, 0.25) is 5.91 Å². The van der Waals surface area contributed by atoms with Gasteiger partial charge in [-0.15, -0.1) is 10.2 Å². The Morgan fingerprint density at radius 1 is 1.21 bits per heavy atom. The summed E-state index contributed by atoms with van der Waals surface area (Å²) in [6.07, 6.45) is 0. The molecule has 1 aromatic heterocycles. The number of Topliss-reactive ketones (excluding diaryl/α,β-unsaturated/α-hetero) is 1. The number of benzene rings is 2. The van der Waals surface area contributed by atoms with Gasteiger partial charge in [0.25, 0.3) is 11.1 Å². The van der Waals surface area contributed by atoms with Crippen LogP contribution in [-0.2, 0) is 11.4 Å². The summed E-state index contributed by atoms with van der Waals surface area (Å²) in [6.45, 7) is 3.19. The molecule has 0 unspecified atom stereocenters. The quantitative estimate of drug-likeness (QED) is 0.437. The van der Waals surface area contributed by atoms with E-state index in [0.29, 0.717) is 17.0 Å². The molecule has 0 spiro atoms. The van der Waals surface area contributed by atoms with Crippen LogP contribution in [0.1, 0.15) is 30.1 Å². The molecule has 1 N–H and O–H groups in total. The fourth-order valence-electron chi connectivity index (χ4n) is 2.28. The molecule has 1 amide bonds. The van der Waals surface area contributed by atoms with Crippen molar-refractivity contribution in [1.82, 2.24) is 10.2 Å². The maximum absolute atomic E-state index is 12.9. The summed E-state index contributed by atoms with van der Waals surface area (Å²) in [5, 5.41) is 10.2. The standard InChI is InChI=1S/C20H18FN3O4S/c1-12(25)14-4-3-5-16(10-14)22-19(26)13(2)29-20-24-23-18(28-20)11-27-17-8-6-15(21)7-9-17/h3-10,13H,11H2,1-2H3,(H,22,26)/t13-/m0/s1. The Hall–Kier alpha value is -3.20. The molecule has 0 radical (unpaired) electrons. The number of nitrogens with one attached hydrogen (secondary N) is 1. The Morgan fingerprint density at radius 2 is 1.97 bits per heavy atom. The van der Waals surface area contributed by atoms with Crippen LogP contribution in [0.15, 0.2) is 58.2 Å². The molecule has 0 bridgehead atoms. The normalized spacial score (nSPS) is 11.7. The monoisotopic (exact) mass is 415 g/mol. The molecule has 3 rings (SSSR count). The van der Waals surface area contributed by atoms with Crippen LogP contribution in [0.4, 0.5) is 10.1 Å². The van der Waals surface area contributed by atoms with E-state index in [2.05, 4.69) is 15.5 Å². The molecule has 29 heavy (non-hydrogen) atoms. The number of nitrogens with zero attached hydrogens (tertiary/aromatic N) is 2. The molecular weight excluding hydrogens is 397 g/mol. The number of anilines is 1. The lowest BCUT2D eigenvalue weighted by molar-refractivity contribution is -0.115. The number of ether oxygens (including phenoxy) is 1. The summed E-state index contributed by atoms with van der Waals surface area (Å²) in [5.74, 6) is 0.00910. The van der Waals surface area contributed by atoms with Gasteiger partial charge in [-0.05, 0) is 50.2 Å². The van der Waals surface area contributed by atoms with Gasteiger partial charge >= 0.3 is 0 Å². The van der Waals surface area contributed by atoms with Crippen molar-refractivity contribution < 1.29 is 23.1 Å². The highest BCUT2D eigenvalue weighted by molar-refractivity contribution is 8.00. The number of rotatable bonds is 8. The van der Waals surface area contributed by atoms with Gasteiger partial charge in [0, 0.05) is 11.3 Å². The highest BCUT2D eigenvalue weighted by atomic mass is 32.2. The van der Waals surface area contributed by atoms with Crippen molar-refractivity contribution in [2.75, 3.05) is 5.32 Å². The number of amides is 1. The molecule has 1 atom stereocenters. The molecule has 9 heteroatoms. The Bertz CT molecular complexity index is 1010. The van der Waals surface area contributed by atoms with Crippen LogP contribution in [0.5, 0.6) is 5.75 Å². The van der Waals surface area contributed by atoms with Crippen molar-refractivity contribution in [3.63, 3.8) is 0 Å². The highest BCUT2D eigenvalue weighted by Crippen LogP contribution is 2.24. The smallest absolute Gasteiger partial charge is 0.277 e. The number of aromatic nitrogens is 2. The molecule has 7 nitrogen and oxygen atoms in total. The summed E-state index contributed by atoms with van der Waals surface area (Å²) < 4.78 is 23.8. The van der Waals surface area contributed by atoms with Gasteiger partial charge in [0.05, 0.1) is 5.25 Å². The van der Waals surface area contributed by atoms with Gasteiger partial charge in [-0.1, -0.05) is 23.9 Å². The van der Waals surface area contributed by atoms with E-state index in [4.69, 9.17) is 9.15 Å². The van der Waals surface area contributed by atoms with Crippen LogP contribution < -0.4 is 10.1 Å². The average Bonchev–Trinajstić information content (AvgIpc) is 3.15. The molecule has 0 fully saturated rings. The second-order valence-corrected chi connectivity index (χ2v) is 7.38. The van der Waals surface area contributed by atoms with Crippen molar-refractivity contribution >= 4 is 29.1 Å². The lowest BCUT2D eigenvalue weighted by Gasteiger charge is -2.10. The van der Waals surface area contributed by atoms with Gasteiger partial charge < -0.3 is 14.5 Å². The number of halogens is 1. The number of carbonyl (C=O) groups excluding carboxylic acids is 2. The first-order valence-corrected chi connectivity index (χ1v) is 9.58. The maximum atomic E-state index is 12.9. The second kappa shape index (κ2) is 9.33. The molecule has 1 heterocycles. The van der Waals surface area contributed by atoms with Crippen molar-refractivity contribution in [2.45, 2.75) is 30.9 Å². The number of thioether (sulfide) groups is 1. The van der Waals surface area contributed by atoms with Crippen LogP contribution in [-0.4, -0.2) is 27.1 Å². The molecule has 0 aliphatic heterocycles. The first-order valence-electron chi connectivity index (χ1n) is 8.70. The Balaban J connectivity index is 1.53. The van der Waals surface area contributed by atoms with E-state index in [-0.39, 0.29) is 35.2 Å². The Morgan fingerprint density at radius 3 is 2.69 bits per heavy atom. The first-order chi connectivity index (χ1) is 13.9. The zero-order valence-electron chi connectivity index (χ0n) is 15.7. The third kappa shape index (κ3) is 5.89. The highest BCUT2D eigenvalue weighted by Gasteiger charge is 2.19. The third-order valence-electron chi connectivity index (χ3n) is 3.81. The lowest BCUT2D eigenvalue weighted by Crippen LogP contribution is -2.22. The third-order valence-corrected chi connectivity index (χ3v) is 4.74. The summed E-state index contributed by atoms with van der Waals surface area (Å²) in [7, 11) is 0. The minimum Gasteiger partial charge on any atom is -0.484 e. The summed E-state index contributed by atoms with van der Waals surface area (Å²) in [4.78, 5) is 23.8. The van der Waals surface area contributed by atoms with Gasteiger partial charge in [-0.25, -0.2) is 4.39 Å². The van der Waals surface area contributed by atoms with Gasteiger partial charge in [0.1, 0.15) is 11.6 Å². The minimum atomic E-state index is -0.512. The van der Waals surface area contributed by atoms with Crippen LogP contribution in [0, 0.1) is 5.82 Å². The molecule has 0 saturated heterocycles. The predicted molar refractivity (Wildman–Crippen MR) is 105 cm³/mol. The van der Waals surface area contributed by atoms with E-state index in [1.54, 1.807) is 31.2 Å². The molecule has 0 aliphatic rings. The zero-order chi connectivity index (χ0) is 20.8. The van der Waals surface area contributed by atoms with E-state index in [1.807, 2.05) is 0 Å². The number of ketones is 1. The van der Waals surface area contributed by atoms with E-state index >= 15 is 0 Å². The Kier molecular flexibility index (Phi) is 6.61. The Labute approximate surface area is 170 Å². The number of hydrogen-bond donors (Lipinski definition) is 1. The van der Waals surface area contributed by atoms with Crippen LogP contribution >= 0.6 is 11.8 Å². The molecular formula is C20H18FN3O4S. The molecule has 3 aromatic rings. The van der Waals surface area contributed by atoms with Crippen molar-refractivity contribution in [2.24, 2.45) is 0 Å². The molecule has 150 valence electrons. The fourth-order valence-corrected chi connectivity index (χ4v) is 2.99. The summed E-state index contributed by atoms with van der Waals surface area (Å²) in [5.41, 5.74) is 1.06. The van der Waals surface area contributed by atoms with Gasteiger partial charge in [0.15, 0.2) is 12.4 Å². The zero-order valence-corrected chi connectivity index (χ0v) is 16.5. The SMILES string of the molecule is CC(=O)c1cccc(NC(=O)[C@H](C)Sc2nnc(COc3ccc(F)cc3)o2)c1. The second-order valence-electron chi connectivity index (χ2n) is 6.09. The lowest BCUT2D eigenvalue weighted by atomic mass is 10.1. The van der Waals surface area contributed by atoms with Gasteiger partial charge in [-0.2, -0.15) is 0 Å². The van der Waals surface area contributed by atoms with E-state index < -0.39 is 5.25 Å². The van der Waals surface area contributed by atoms with Crippen LogP contribution in [0.25, 0.3) is 0 Å². The number of carbonyl (C=O) groups is 2. The minimum absolute atomic E-state index is 0.0254. The van der Waals surface area contributed by atoms with E-state index in [0.717, 1.165) is 11.8 Å². The fraction of sp³-hybridized carbons (Fsp3) is 0.200. The molecule has 0 saturated carbocycles. The maximum Gasteiger partial charge on any atom is 0.277 e.